The monoisotopic (exact) mass is 350 g/mol. The average Bonchev–Trinajstić information content (AvgIpc) is 2.85. The standard InChI is InChI=1S/C8H7IN4O2S/c1-2-15-7(14)6-11-12-8(16-6)13-4-5(9)3-10-13/h3-4H,2H2,1H3. The molecule has 16 heavy (non-hydrogen) atoms. The molecule has 2 aromatic rings. The summed E-state index contributed by atoms with van der Waals surface area (Å²) in [6, 6.07) is 0. The number of carbonyl (C=O) groups is 1. The third kappa shape index (κ3) is 2.38. The summed E-state index contributed by atoms with van der Waals surface area (Å²) in [5.41, 5.74) is 0. The predicted octanol–water partition coefficient (Wildman–Crippen LogP) is 1.51. The van der Waals surface area contributed by atoms with Crippen LogP contribution in [0.1, 0.15) is 16.7 Å². The van der Waals surface area contributed by atoms with Crippen LogP contribution < -0.4 is 0 Å². The number of ether oxygens (including phenoxy) is 1. The van der Waals surface area contributed by atoms with Crippen molar-refractivity contribution >= 4 is 39.9 Å². The van der Waals surface area contributed by atoms with E-state index in [1.807, 2.05) is 0 Å². The molecule has 0 radical (unpaired) electrons. The van der Waals surface area contributed by atoms with Crippen LogP contribution in [0.3, 0.4) is 0 Å². The molecule has 0 bridgehead atoms. The van der Waals surface area contributed by atoms with Gasteiger partial charge in [0, 0.05) is 6.20 Å². The van der Waals surface area contributed by atoms with Crippen molar-refractivity contribution < 1.29 is 9.53 Å². The van der Waals surface area contributed by atoms with E-state index in [0.29, 0.717) is 11.7 Å². The molecule has 8 heteroatoms. The van der Waals surface area contributed by atoms with Gasteiger partial charge in [-0.1, -0.05) is 11.3 Å². The van der Waals surface area contributed by atoms with Gasteiger partial charge in [-0.3, -0.25) is 0 Å². The molecule has 0 fully saturated rings. The Morgan fingerprint density at radius 2 is 2.44 bits per heavy atom. The molecule has 0 aromatic carbocycles. The van der Waals surface area contributed by atoms with Crippen LogP contribution in [0.4, 0.5) is 0 Å². The first-order chi connectivity index (χ1) is 7.70. The highest BCUT2D eigenvalue weighted by atomic mass is 127. The summed E-state index contributed by atoms with van der Waals surface area (Å²) in [5, 5.41) is 12.5. The number of hydrogen-bond donors (Lipinski definition) is 0. The van der Waals surface area contributed by atoms with Crippen molar-refractivity contribution in [2.75, 3.05) is 6.61 Å². The van der Waals surface area contributed by atoms with Crippen molar-refractivity contribution in [3.63, 3.8) is 0 Å². The van der Waals surface area contributed by atoms with Crippen molar-refractivity contribution in [1.29, 1.82) is 0 Å². The maximum absolute atomic E-state index is 11.3. The van der Waals surface area contributed by atoms with E-state index >= 15 is 0 Å². The fourth-order valence-corrected chi connectivity index (χ4v) is 2.05. The molecule has 2 heterocycles. The zero-order valence-electron chi connectivity index (χ0n) is 8.25. The van der Waals surface area contributed by atoms with E-state index in [0.717, 1.165) is 14.9 Å². The van der Waals surface area contributed by atoms with Crippen molar-refractivity contribution in [1.82, 2.24) is 20.0 Å². The molecule has 0 amide bonds. The van der Waals surface area contributed by atoms with Gasteiger partial charge in [0.1, 0.15) is 0 Å². The van der Waals surface area contributed by atoms with Gasteiger partial charge < -0.3 is 4.74 Å². The van der Waals surface area contributed by atoms with E-state index in [1.54, 1.807) is 24.0 Å². The molecule has 84 valence electrons. The lowest BCUT2D eigenvalue weighted by Crippen LogP contribution is -2.03. The molecule has 0 saturated carbocycles. The molecule has 6 nitrogen and oxygen atoms in total. The molecule has 0 unspecified atom stereocenters. The molecule has 0 aliphatic rings. The minimum absolute atomic E-state index is 0.238. The second kappa shape index (κ2) is 4.87. The summed E-state index contributed by atoms with van der Waals surface area (Å²) in [7, 11) is 0. The summed E-state index contributed by atoms with van der Waals surface area (Å²) in [5.74, 6) is -0.451. The summed E-state index contributed by atoms with van der Waals surface area (Å²) in [6.07, 6.45) is 3.50. The molecule has 0 N–H and O–H groups in total. The molecular formula is C8H7IN4O2S. The maximum Gasteiger partial charge on any atom is 0.369 e. The van der Waals surface area contributed by atoms with Gasteiger partial charge in [-0.25, -0.2) is 9.48 Å². The molecule has 2 aromatic heterocycles. The highest BCUT2D eigenvalue weighted by Gasteiger charge is 2.14. The Balaban J connectivity index is 2.22. The van der Waals surface area contributed by atoms with Gasteiger partial charge in [-0.2, -0.15) is 5.10 Å². The molecule has 0 saturated heterocycles. The lowest BCUT2D eigenvalue weighted by atomic mass is 10.7. The van der Waals surface area contributed by atoms with E-state index in [1.165, 1.54) is 0 Å². The summed E-state index contributed by atoms with van der Waals surface area (Å²) in [4.78, 5) is 11.3. The Morgan fingerprint density at radius 3 is 3.06 bits per heavy atom. The van der Waals surface area contributed by atoms with Crippen LogP contribution in [0.25, 0.3) is 5.13 Å². The van der Waals surface area contributed by atoms with Gasteiger partial charge in [0.05, 0.1) is 16.4 Å². The topological polar surface area (TPSA) is 69.9 Å². The number of hydrogen-bond acceptors (Lipinski definition) is 6. The van der Waals surface area contributed by atoms with Crippen LogP contribution in [0.2, 0.25) is 0 Å². The number of esters is 1. The average molecular weight is 350 g/mol. The summed E-state index contributed by atoms with van der Waals surface area (Å²) < 4.78 is 7.38. The first kappa shape index (κ1) is 11.5. The smallest absolute Gasteiger partial charge is 0.369 e. The van der Waals surface area contributed by atoms with Crippen molar-refractivity contribution in [2.24, 2.45) is 0 Å². The quantitative estimate of drug-likeness (QED) is 0.620. The number of rotatable bonds is 3. The van der Waals surface area contributed by atoms with E-state index in [2.05, 4.69) is 37.9 Å². The number of nitrogens with zero attached hydrogens (tertiary/aromatic N) is 4. The van der Waals surface area contributed by atoms with Crippen molar-refractivity contribution in [3.8, 4) is 5.13 Å². The van der Waals surface area contributed by atoms with Gasteiger partial charge in [0.15, 0.2) is 0 Å². The zero-order chi connectivity index (χ0) is 11.5. The molecule has 0 atom stereocenters. The predicted molar refractivity (Wildman–Crippen MR) is 65.7 cm³/mol. The Bertz CT molecular complexity index is 510. The normalized spacial score (nSPS) is 10.4. The lowest BCUT2D eigenvalue weighted by molar-refractivity contribution is 0.0525. The lowest BCUT2D eigenvalue weighted by Gasteiger charge is -1.94. The third-order valence-electron chi connectivity index (χ3n) is 1.61. The van der Waals surface area contributed by atoms with E-state index in [4.69, 9.17) is 4.74 Å². The number of aromatic nitrogens is 4. The molecule has 2 rings (SSSR count). The first-order valence-electron chi connectivity index (χ1n) is 4.42. The second-order valence-corrected chi connectivity index (χ2v) is 4.91. The van der Waals surface area contributed by atoms with E-state index in [-0.39, 0.29) is 5.01 Å². The Labute approximate surface area is 109 Å². The Kier molecular flexibility index (Phi) is 3.49. The Morgan fingerprint density at radius 1 is 1.62 bits per heavy atom. The highest BCUT2D eigenvalue weighted by molar-refractivity contribution is 14.1. The number of halogens is 1. The van der Waals surface area contributed by atoms with Gasteiger partial charge in [0.25, 0.3) is 0 Å². The fourth-order valence-electron chi connectivity index (χ4n) is 0.989. The van der Waals surface area contributed by atoms with Crippen LogP contribution in [0.15, 0.2) is 12.4 Å². The third-order valence-corrected chi connectivity index (χ3v) is 3.06. The van der Waals surface area contributed by atoms with Crippen LogP contribution in [0.5, 0.6) is 0 Å². The van der Waals surface area contributed by atoms with Crippen LogP contribution in [-0.2, 0) is 4.74 Å². The van der Waals surface area contributed by atoms with Gasteiger partial charge >= 0.3 is 5.97 Å². The SMILES string of the molecule is CCOC(=O)c1nnc(-n2cc(I)cn2)s1. The van der Waals surface area contributed by atoms with Crippen LogP contribution >= 0.6 is 33.9 Å². The largest absolute Gasteiger partial charge is 0.461 e. The van der Waals surface area contributed by atoms with Gasteiger partial charge in [-0.05, 0) is 29.5 Å². The second-order valence-electron chi connectivity index (χ2n) is 2.71. The van der Waals surface area contributed by atoms with Gasteiger partial charge in [-0.15, -0.1) is 10.2 Å². The fraction of sp³-hybridized carbons (Fsp3) is 0.250. The minimum atomic E-state index is -0.451. The van der Waals surface area contributed by atoms with Gasteiger partial charge in [0.2, 0.25) is 10.1 Å². The first-order valence-corrected chi connectivity index (χ1v) is 6.31. The van der Waals surface area contributed by atoms with Crippen LogP contribution in [0, 0.1) is 3.57 Å². The maximum atomic E-state index is 11.3. The highest BCUT2D eigenvalue weighted by Crippen LogP contribution is 2.15. The van der Waals surface area contributed by atoms with Crippen molar-refractivity contribution in [2.45, 2.75) is 6.92 Å². The molecule has 0 aliphatic heterocycles. The van der Waals surface area contributed by atoms with Crippen LogP contribution in [-0.4, -0.2) is 32.6 Å². The van der Waals surface area contributed by atoms with E-state index in [9.17, 15) is 4.79 Å². The Hall–Kier alpha value is -1.03. The number of carbonyl (C=O) groups excluding carboxylic acids is 1. The minimum Gasteiger partial charge on any atom is -0.461 e. The molecule has 0 aliphatic carbocycles. The molecule has 0 spiro atoms. The molecular weight excluding hydrogens is 343 g/mol. The summed E-state index contributed by atoms with van der Waals surface area (Å²) in [6.45, 7) is 2.07. The zero-order valence-corrected chi connectivity index (χ0v) is 11.2. The summed E-state index contributed by atoms with van der Waals surface area (Å²) >= 11 is 3.29. The van der Waals surface area contributed by atoms with E-state index < -0.39 is 5.97 Å². The van der Waals surface area contributed by atoms with Crippen molar-refractivity contribution in [3.05, 3.63) is 21.0 Å².